The van der Waals surface area contributed by atoms with Crippen molar-refractivity contribution in [1.29, 1.82) is 0 Å². The number of carbonyl (C=O) groups excluding carboxylic acids is 1. The molecule has 0 atom stereocenters. The molecule has 0 spiro atoms. The summed E-state index contributed by atoms with van der Waals surface area (Å²) in [5, 5.41) is 7.38. The Balaban J connectivity index is 2.19. The van der Waals surface area contributed by atoms with Crippen LogP contribution in [-0.2, 0) is 16.6 Å². The van der Waals surface area contributed by atoms with Crippen LogP contribution in [0.5, 0.6) is 0 Å². The molecule has 0 fully saturated rings. The van der Waals surface area contributed by atoms with Crippen LogP contribution in [0.4, 0.5) is 4.39 Å². The summed E-state index contributed by atoms with van der Waals surface area (Å²) in [6.07, 6.45) is 1.45. The van der Waals surface area contributed by atoms with Gasteiger partial charge in [0.05, 0.1) is 17.7 Å². The number of primary sulfonamides is 1. The van der Waals surface area contributed by atoms with Gasteiger partial charge >= 0.3 is 0 Å². The van der Waals surface area contributed by atoms with Gasteiger partial charge in [-0.3, -0.25) is 4.79 Å². The van der Waals surface area contributed by atoms with Crippen LogP contribution < -0.4 is 10.5 Å². The Morgan fingerprint density at radius 3 is 2.70 bits per heavy atom. The van der Waals surface area contributed by atoms with Crippen LogP contribution in [0, 0.1) is 5.82 Å². The monoisotopic (exact) mass is 298 g/mol. The standard InChI is InChI=1S/C12H11FN2O4S/c13-9-4-8(5-11(6-9)20(14,17)18)12(16)15-7-10-2-1-3-19-10/h1-6H,7H2,(H,15,16)(H2,14,17,18). The maximum Gasteiger partial charge on any atom is 0.251 e. The minimum absolute atomic E-state index is 0.104. The van der Waals surface area contributed by atoms with Crippen molar-refractivity contribution in [1.82, 2.24) is 5.32 Å². The number of rotatable bonds is 4. The molecule has 0 aliphatic rings. The zero-order valence-electron chi connectivity index (χ0n) is 10.2. The summed E-state index contributed by atoms with van der Waals surface area (Å²) in [7, 11) is -4.08. The Hall–Kier alpha value is -2.19. The second-order valence-electron chi connectivity index (χ2n) is 3.98. The van der Waals surface area contributed by atoms with Gasteiger partial charge in [0.1, 0.15) is 11.6 Å². The molecular formula is C12H11FN2O4S. The van der Waals surface area contributed by atoms with E-state index in [1.54, 1.807) is 12.1 Å². The number of hydrogen-bond acceptors (Lipinski definition) is 4. The summed E-state index contributed by atoms with van der Waals surface area (Å²) in [5.41, 5.74) is -0.138. The van der Waals surface area contributed by atoms with Crippen LogP contribution >= 0.6 is 0 Å². The molecule has 2 rings (SSSR count). The van der Waals surface area contributed by atoms with Gasteiger partial charge in [0.2, 0.25) is 10.0 Å². The quantitative estimate of drug-likeness (QED) is 0.878. The van der Waals surface area contributed by atoms with Gasteiger partial charge in [-0.05, 0) is 30.3 Å². The third-order valence-electron chi connectivity index (χ3n) is 2.47. The number of benzene rings is 1. The molecule has 0 bridgehead atoms. The van der Waals surface area contributed by atoms with Crippen LogP contribution in [0.2, 0.25) is 0 Å². The van der Waals surface area contributed by atoms with Gasteiger partial charge in [0.15, 0.2) is 0 Å². The zero-order chi connectivity index (χ0) is 14.8. The van der Waals surface area contributed by atoms with Gasteiger partial charge in [0.25, 0.3) is 5.91 Å². The molecule has 0 saturated carbocycles. The number of carbonyl (C=O) groups is 1. The van der Waals surface area contributed by atoms with Gasteiger partial charge in [-0.15, -0.1) is 0 Å². The second kappa shape index (κ2) is 5.43. The highest BCUT2D eigenvalue weighted by Gasteiger charge is 2.15. The van der Waals surface area contributed by atoms with E-state index in [-0.39, 0.29) is 12.1 Å². The van der Waals surface area contributed by atoms with Crippen molar-refractivity contribution in [3.63, 3.8) is 0 Å². The molecule has 0 aliphatic carbocycles. The first kappa shape index (κ1) is 14.2. The molecule has 1 amide bonds. The van der Waals surface area contributed by atoms with Crippen molar-refractivity contribution < 1.29 is 22.0 Å². The molecule has 0 unspecified atom stereocenters. The maximum atomic E-state index is 13.3. The Bertz CT molecular complexity index is 726. The van der Waals surface area contributed by atoms with Crippen molar-refractivity contribution in [2.75, 3.05) is 0 Å². The first-order valence-electron chi connectivity index (χ1n) is 5.50. The van der Waals surface area contributed by atoms with Crippen molar-refractivity contribution in [3.05, 3.63) is 53.7 Å². The average molecular weight is 298 g/mol. The van der Waals surface area contributed by atoms with Gasteiger partial charge in [-0.2, -0.15) is 0 Å². The normalized spacial score (nSPS) is 11.3. The molecule has 106 valence electrons. The molecule has 1 aromatic heterocycles. The molecule has 20 heavy (non-hydrogen) atoms. The van der Waals surface area contributed by atoms with Crippen molar-refractivity contribution in [2.24, 2.45) is 5.14 Å². The highest BCUT2D eigenvalue weighted by molar-refractivity contribution is 7.89. The summed E-state index contributed by atoms with van der Waals surface area (Å²) < 4.78 is 40.7. The molecule has 0 aliphatic heterocycles. The number of hydrogen-bond donors (Lipinski definition) is 2. The smallest absolute Gasteiger partial charge is 0.251 e. The Labute approximate surface area is 114 Å². The topological polar surface area (TPSA) is 102 Å². The number of amides is 1. The van der Waals surface area contributed by atoms with Crippen molar-refractivity contribution in [3.8, 4) is 0 Å². The lowest BCUT2D eigenvalue weighted by molar-refractivity contribution is 0.0947. The molecule has 1 heterocycles. The van der Waals surface area contributed by atoms with Crippen LogP contribution in [0.15, 0.2) is 45.9 Å². The van der Waals surface area contributed by atoms with Gasteiger partial charge in [-0.25, -0.2) is 17.9 Å². The summed E-state index contributed by atoms with van der Waals surface area (Å²) >= 11 is 0. The molecule has 1 aromatic carbocycles. The molecule has 0 saturated heterocycles. The van der Waals surface area contributed by atoms with Crippen LogP contribution in [0.3, 0.4) is 0 Å². The lowest BCUT2D eigenvalue weighted by Crippen LogP contribution is -2.23. The summed E-state index contributed by atoms with van der Waals surface area (Å²) in [4.78, 5) is 11.4. The number of furan rings is 1. The molecule has 8 heteroatoms. The van der Waals surface area contributed by atoms with Crippen LogP contribution in [0.1, 0.15) is 16.1 Å². The molecule has 2 aromatic rings. The first-order chi connectivity index (χ1) is 9.36. The Morgan fingerprint density at radius 1 is 1.35 bits per heavy atom. The highest BCUT2D eigenvalue weighted by Crippen LogP contribution is 2.13. The SMILES string of the molecule is NS(=O)(=O)c1cc(F)cc(C(=O)NCc2ccco2)c1. The molecule has 0 radical (unpaired) electrons. The average Bonchev–Trinajstić information content (AvgIpc) is 2.87. The van der Waals surface area contributed by atoms with E-state index in [9.17, 15) is 17.6 Å². The predicted molar refractivity (Wildman–Crippen MR) is 67.7 cm³/mol. The van der Waals surface area contributed by atoms with E-state index in [1.807, 2.05) is 0 Å². The fraction of sp³-hybridized carbons (Fsp3) is 0.0833. The van der Waals surface area contributed by atoms with Crippen molar-refractivity contribution >= 4 is 15.9 Å². The van der Waals surface area contributed by atoms with Gasteiger partial charge in [-0.1, -0.05) is 0 Å². The largest absolute Gasteiger partial charge is 0.467 e. The fourth-order valence-electron chi connectivity index (χ4n) is 1.54. The van der Waals surface area contributed by atoms with E-state index in [0.717, 1.165) is 18.2 Å². The summed E-state index contributed by atoms with van der Waals surface area (Å²) in [6.45, 7) is 0.104. The number of nitrogens with one attached hydrogen (secondary N) is 1. The van der Waals surface area contributed by atoms with Crippen LogP contribution in [-0.4, -0.2) is 14.3 Å². The van der Waals surface area contributed by atoms with Crippen LogP contribution in [0.25, 0.3) is 0 Å². The first-order valence-corrected chi connectivity index (χ1v) is 7.05. The second-order valence-corrected chi connectivity index (χ2v) is 5.54. The third-order valence-corrected chi connectivity index (χ3v) is 3.36. The molecular weight excluding hydrogens is 287 g/mol. The van der Waals surface area contributed by atoms with E-state index >= 15 is 0 Å². The lowest BCUT2D eigenvalue weighted by Gasteiger charge is -2.05. The molecule has 6 nitrogen and oxygen atoms in total. The minimum Gasteiger partial charge on any atom is -0.467 e. The Kier molecular flexibility index (Phi) is 3.86. The highest BCUT2D eigenvalue weighted by atomic mass is 32.2. The zero-order valence-corrected chi connectivity index (χ0v) is 11.0. The number of sulfonamides is 1. The van der Waals surface area contributed by atoms with Gasteiger partial charge < -0.3 is 9.73 Å². The van der Waals surface area contributed by atoms with E-state index < -0.39 is 26.6 Å². The predicted octanol–water partition coefficient (Wildman–Crippen LogP) is 0.996. The lowest BCUT2D eigenvalue weighted by atomic mass is 10.2. The van der Waals surface area contributed by atoms with Gasteiger partial charge in [0, 0.05) is 5.56 Å². The third kappa shape index (κ3) is 3.43. The van der Waals surface area contributed by atoms with Crippen molar-refractivity contribution in [2.45, 2.75) is 11.4 Å². The minimum atomic E-state index is -4.08. The van der Waals surface area contributed by atoms with E-state index in [4.69, 9.17) is 9.56 Å². The maximum absolute atomic E-state index is 13.3. The fourth-order valence-corrected chi connectivity index (χ4v) is 2.11. The number of halogens is 1. The summed E-state index contributed by atoms with van der Waals surface area (Å²) in [6, 6.07) is 5.99. The molecule has 3 N–H and O–H groups in total. The van der Waals surface area contributed by atoms with E-state index in [0.29, 0.717) is 5.76 Å². The van der Waals surface area contributed by atoms with E-state index in [2.05, 4.69) is 5.32 Å². The summed E-state index contributed by atoms with van der Waals surface area (Å²) in [5.74, 6) is -0.980. The number of nitrogens with two attached hydrogens (primary N) is 1. The Morgan fingerprint density at radius 2 is 2.10 bits per heavy atom. The van der Waals surface area contributed by atoms with E-state index in [1.165, 1.54) is 6.26 Å².